The standard InChI is InChI=1S/C23H28N6O2.CH4/c1-4-7-18(17-8-6-12-24-15-17)27-21-11-13-26-22(29-21)16-9-10-19(20(14-16)31-3)28-23(30)25-5-2;/h6,8-15,18H,4-5,7H2,1-3H3,(H2,25,28,30)(H,26,27,29);1H4/t18-;/m0./s1. The molecule has 2 aromatic heterocycles. The number of pyridine rings is 1. The maximum atomic E-state index is 11.8. The predicted molar refractivity (Wildman–Crippen MR) is 129 cm³/mol. The third kappa shape index (κ3) is 6.41. The molecule has 8 nitrogen and oxygen atoms in total. The summed E-state index contributed by atoms with van der Waals surface area (Å²) in [7, 11) is 1.56. The number of urea groups is 1. The van der Waals surface area contributed by atoms with Gasteiger partial charge in [0.2, 0.25) is 0 Å². The fourth-order valence-electron chi connectivity index (χ4n) is 3.21. The van der Waals surface area contributed by atoms with Crippen molar-refractivity contribution >= 4 is 17.5 Å². The molecule has 170 valence electrons. The minimum Gasteiger partial charge on any atom is -0.495 e. The van der Waals surface area contributed by atoms with E-state index in [1.54, 1.807) is 25.6 Å². The number of hydrogen-bond donors (Lipinski definition) is 3. The molecule has 0 aliphatic heterocycles. The van der Waals surface area contributed by atoms with Gasteiger partial charge in [-0.1, -0.05) is 26.8 Å². The molecular formula is C24H32N6O2. The third-order valence-corrected chi connectivity index (χ3v) is 4.69. The van der Waals surface area contributed by atoms with Gasteiger partial charge in [-0.3, -0.25) is 4.98 Å². The first-order valence-electron chi connectivity index (χ1n) is 10.4. The number of ether oxygens (including phenoxy) is 1. The van der Waals surface area contributed by atoms with Gasteiger partial charge in [0.25, 0.3) is 0 Å². The van der Waals surface area contributed by atoms with Crippen molar-refractivity contribution in [1.29, 1.82) is 0 Å². The average molecular weight is 437 g/mol. The number of rotatable bonds is 9. The van der Waals surface area contributed by atoms with Crippen LogP contribution in [0.25, 0.3) is 11.4 Å². The molecule has 2 heterocycles. The molecule has 0 spiro atoms. The van der Waals surface area contributed by atoms with Crippen LogP contribution in [0.3, 0.4) is 0 Å². The molecule has 3 rings (SSSR count). The summed E-state index contributed by atoms with van der Waals surface area (Å²) < 4.78 is 5.45. The fourth-order valence-corrected chi connectivity index (χ4v) is 3.21. The lowest BCUT2D eigenvalue weighted by Gasteiger charge is -2.19. The van der Waals surface area contributed by atoms with E-state index in [1.807, 2.05) is 37.4 Å². The van der Waals surface area contributed by atoms with Gasteiger partial charge < -0.3 is 20.7 Å². The van der Waals surface area contributed by atoms with Crippen molar-refractivity contribution in [2.75, 3.05) is 24.3 Å². The first-order chi connectivity index (χ1) is 15.1. The molecule has 0 radical (unpaired) electrons. The van der Waals surface area contributed by atoms with E-state index in [2.05, 4.69) is 43.9 Å². The highest BCUT2D eigenvalue weighted by Crippen LogP contribution is 2.30. The van der Waals surface area contributed by atoms with Crippen LogP contribution < -0.4 is 20.7 Å². The molecular weight excluding hydrogens is 404 g/mol. The Morgan fingerprint density at radius 1 is 1.16 bits per heavy atom. The van der Waals surface area contributed by atoms with Crippen LogP contribution in [0.1, 0.15) is 45.7 Å². The van der Waals surface area contributed by atoms with Gasteiger partial charge in [0.05, 0.1) is 18.8 Å². The number of hydrogen-bond acceptors (Lipinski definition) is 6. The Balaban J connectivity index is 0.00000363. The van der Waals surface area contributed by atoms with Gasteiger partial charge in [0.1, 0.15) is 11.6 Å². The smallest absolute Gasteiger partial charge is 0.319 e. The highest BCUT2D eigenvalue weighted by atomic mass is 16.5. The van der Waals surface area contributed by atoms with Gasteiger partial charge in [0.15, 0.2) is 5.82 Å². The van der Waals surface area contributed by atoms with Crippen LogP contribution in [0.2, 0.25) is 0 Å². The number of nitrogens with zero attached hydrogens (tertiary/aromatic N) is 3. The second-order valence-electron chi connectivity index (χ2n) is 6.94. The summed E-state index contributed by atoms with van der Waals surface area (Å²) in [6, 6.07) is 11.1. The molecule has 0 aliphatic rings. The van der Waals surface area contributed by atoms with E-state index in [0.717, 1.165) is 29.8 Å². The van der Waals surface area contributed by atoms with Gasteiger partial charge in [-0.15, -0.1) is 0 Å². The number of methoxy groups -OCH3 is 1. The number of carbonyl (C=O) groups excluding carboxylic acids is 1. The number of aromatic nitrogens is 3. The zero-order valence-corrected chi connectivity index (χ0v) is 18.1. The van der Waals surface area contributed by atoms with Crippen LogP contribution >= 0.6 is 0 Å². The van der Waals surface area contributed by atoms with Gasteiger partial charge in [-0.25, -0.2) is 14.8 Å². The van der Waals surface area contributed by atoms with Crippen molar-refractivity contribution in [3.05, 3.63) is 60.6 Å². The van der Waals surface area contributed by atoms with Crippen LogP contribution in [0, 0.1) is 0 Å². The van der Waals surface area contributed by atoms with Gasteiger partial charge in [0, 0.05) is 30.7 Å². The summed E-state index contributed by atoms with van der Waals surface area (Å²) in [6.45, 7) is 4.55. The second-order valence-corrected chi connectivity index (χ2v) is 6.94. The Morgan fingerprint density at radius 3 is 2.69 bits per heavy atom. The molecule has 32 heavy (non-hydrogen) atoms. The summed E-state index contributed by atoms with van der Waals surface area (Å²) in [5.74, 6) is 1.83. The summed E-state index contributed by atoms with van der Waals surface area (Å²) in [4.78, 5) is 25.2. The van der Waals surface area contributed by atoms with Crippen molar-refractivity contribution < 1.29 is 9.53 Å². The van der Waals surface area contributed by atoms with E-state index in [0.29, 0.717) is 23.8 Å². The molecule has 3 aromatic rings. The van der Waals surface area contributed by atoms with Crippen LogP contribution in [0.15, 0.2) is 55.0 Å². The molecule has 1 aromatic carbocycles. The molecule has 0 bridgehead atoms. The predicted octanol–water partition coefficient (Wildman–Crippen LogP) is 5.28. The minimum absolute atomic E-state index is 0. The fraction of sp³-hybridized carbons (Fsp3) is 0.333. The molecule has 0 saturated heterocycles. The molecule has 0 fully saturated rings. The zero-order chi connectivity index (χ0) is 22.1. The van der Waals surface area contributed by atoms with Crippen molar-refractivity contribution in [1.82, 2.24) is 20.3 Å². The molecule has 0 saturated carbocycles. The molecule has 0 unspecified atom stereocenters. The Kier molecular flexibility index (Phi) is 9.41. The first-order valence-corrected chi connectivity index (χ1v) is 10.4. The van der Waals surface area contributed by atoms with Gasteiger partial charge in [-0.2, -0.15) is 0 Å². The van der Waals surface area contributed by atoms with Crippen LogP contribution in [0.4, 0.5) is 16.3 Å². The van der Waals surface area contributed by atoms with Crippen molar-refractivity contribution in [2.24, 2.45) is 0 Å². The normalized spacial score (nSPS) is 11.1. The van der Waals surface area contributed by atoms with Gasteiger partial charge >= 0.3 is 6.03 Å². The summed E-state index contributed by atoms with van der Waals surface area (Å²) in [5.41, 5.74) is 2.48. The monoisotopic (exact) mass is 436 g/mol. The number of nitrogens with one attached hydrogen (secondary N) is 3. The topological polar surface area (TPSA) is 101 Å². The number of anilines is 2. The maximum absolute atomic E-state index is 11.8. The van der Waals surface area contributed by atoms with Crippen molar-refractivity contribution in [2.45, 2.75) is 40.2 Å². The van der Waals surface area contributed by atoms with E-state index >= 15 is 0 Å². The molecule has 8 heteroatoms. The summed E-state index contributed by atoms with van der Waals surface area (Å²) >= 11 is 0. The number of benzene rings is 1. The average Bonchev–Trinajstić information content (AvgIpc) is 2.80. The van der Waals surface area contributed by atoms with Gasteiger partial charge in [-0.05, 0) is 49.2 Å². The SMILES string of the molecule is C.CCC[C@H](Nc1ccnc(-c2ccc(NC(=O)NCC)c(OC)c2)n1)c1cccnc1. The van der Waals surface area contributed by atoms with Crippen LogP contribution in [-0.2, 0) is 0 Å². The molecule has 1 atom stereocenters. The Morgan fingerprint density at radius 2 is 2.00 bits per heavy atom. The lowest BCUT2D eigenvalue weighted by atomic mass is 10.0. The summed E-state index contributed by atoms with van der Waals surface area (Å²) in [5, 5.41) is 8.97. The lowest BCUT2D eigenvalue weighted by molar-refractivity contribution is 0.252. The third-order valence-electron chi connectivity index (χ3n) is 4.69. The highest BCUT2D eigenvalue weighted by Gasteiger charge is 2.14. The van der Waals surface area contributed by atoms with Crippen LogP contribution in [-0.4, -0.2) is 34.6 Å². The Hall–Kier alpha value is -3.68. The summed E-state index contributed by atoms with van der Waals surface area (Å²) in [6.07, 6.45) is 7.36. The van der Waals surface area contributed by atoms with E-state index in [4.69, 9.17) is 4.74 Å². The second kappa shape index (κ2) is 12.2. The highest BCUT2D eigenvalue weighted by molar-refractivity contribution is 5.91. The van der Waals surface area contributed by atoms with Crippen molar-refractivity contribution in [3.63, 3.8) is 0 Å². The van der Waals surface area contributed by atoms with Crippen molar-refractivity contribution in [3.8, 4) is 17.1 Å². The Labute approximate surface area is 189 Å². The first kappa shape index (κ1) is 24.6. The number of carbonyl (C=O) groups is 1. The molecule has 0 aliphatic carbocycles. The van der Waals surface area contributed by atoms with E-state index in [-0.39, 0.29) is 19.5 Å². The zero-order valence-electron chi connectivity index (χ0n) is 18.1. The largest absolute Gasteiger partial charge is 0.495 e. The van der Waals surface area contributed by atoms with E-state index in [1.165, 1.54) is 0 Å². The molecule has 2 amide bonds. The van der Waals surface area contributed by atoms with E-state index in [9.17, 15) is 4.79 Å². The number of amides is 2. The maximum Gasteiger partial charge on any atom is 0.319 e. The van der Waals surface area contributed by atoms with Crippen LogP contribution in [0.5, 0.6) is 5.75 Å². The quantitative estimate of drug-likeness (QED) is 0.422. The molecule has 3 N–H and O–H groups in total. The minimum atomic E-state index is -0.284. The lowest BCUT2D eigenvalue weighted by Crippen LogP contribution is -2.28. The Bertz CT molecular complexity index is 997. The van der Waals surface area contributed by atoms with E-state index < -0.39 is 0 Å².